The molecule has 1 saturated heterocycles. The fourth-order valence-electron chi connectivity index (χ4n) is 5.99. The number of carbonyl (C=O) groups excluding carboxylic acids is 2. The molecule has 1 fully saturated rings. The van der Waals surface area contributed by atoms with Crippen LogP contribution in [0.4, 0.5) is 26.7 Å². The second kappa shape index (κ2) is 11.2. The fourth-order valence-corrected chi connectivity index (χ4v) is 5.99. The van der Waals surface area contributed by atoms with E-state index in [0.29, 0.717) is 5.56 Å². The number of piperidine rings is 1. The number of hydrogen-bond acceptors (Lipinski definition) is 4. The van der Waals surface area contributed by atoms with Crippen molar-refractivity contribution in [2.75, 3.05) is 19.7 Å². The van der Waals surface area contributed by atoms with Gasteiger partial charge in [0.25, 0.3) is 0 Å². The monoisotopic (exact) mass is 593 g/mol. The molecular weight excluding hydrogens is 569 g/mol. The molecule has 0 spiro atoms. The van der Waals surface area contributed by atoms with E-state index in [1.165, 1.54) is 4.90 Å². The van der Waals surface area contributed by atoms with Crippen molar-refractivity contribution >= 4 is 12.1 Å². The second-order valence-electron chi connectivity index (χ2n) is 10.5. The standard InChI is InChI=1S/C33H24F5NO4/c34-25-26(35)28(37)30(29(38)27(25)36)43-31(40)33(19-8-2-1-3-9-19)14-16-39(17-15-33)32(41)42-18-24-22-12-6-4-10-20(22)21-11-5-7-13-23(21)24/h1-13,24H,14-18H2. The van der Waals surface area contributed by atoms with Crippen molar-refractivity contribution in [3.05, 3.63) is 125 Å². The van der Waals surface area contributed by atoms with Crippen molar-refractivity contribution in [3.63, 3.8) is 0 Å². The lowest BCUT2D eigenvalue weighted by Crippen LogP contribution is -2.50. The maximum absolute atomic E-state index is 14.4. The molecule has 0 unspecified atom stereocenters. The van der Waals surface area contributed by atoms with Crippen LogP contribution in [0.25, 0.3) is 11.1 Å². The molecule has 1 amide bonds. The van der Waals surface area contributed by atoms with Gasteiger partial charge in [0.15, 0.2) is 0 Å². The lowest BCUT2D eigenvalue weighted by Gasteiger charge is -2.39. The summed E-state index contributed by atoms with van der Waals surface area (Å²) in [4.78, 5) is 28.1. The van der Waals surface area contributed by atoms with E-state index in [1.54, 1.807) is 30.3 Å². The van der Waals surface area contributed by atoms with Gasteiger partial charge < -0.3 is 14.4 Å². The van der Waals surface area contributed by atoms with Crippen LogP contribution in [0, 0.1) is 29.1 Å². The molecule has 0 saturated carbocycles. The highest BCUT2D eigenvalue weighted by molar-refractivity contribution is 5.86. The summed E-state index contributed by atoms with van der Waals surface area (Å²) >= 11 is 0. The van der Waals surface area contributed by atoms with Crippen LogP contribution < -0.4 is 4.74 Å². The molecule has 4 aromatic carbocycles. The molecule has 0 N–H and O–H groups in total. The number of fused-ring (bicyclic) bond motifs is 3. The highest BCUT2D eigenvalue weighted by Gasteiger charge is 2.47. The van der Waals surface area contributed by atoms with Crippen LogP contribution in [0.15, 0.2) is 78.9 Å². The first-order valence-corrected chi connectivity index (χ1v) is 13.6. The lowest BCUT2D eigenvalue weighted by atomic mass is 9.73. The highest BCUT2D eigenvalue weighted by atomic mass is 19.2. The Morgan fingerprint density at radius 3 is 1.74 bits per heavy atom. The largest absolute Gasteiger partial charge is 0.448 e. The first-order valence-electron chi connectivity index (χ1n) is 13.6. The minimum atomic E-state index is -2.36. The third-order valence-electron chi connectivity index (χ3n) is 8.29. The minimum Gasteiger partial charge on any atom is -0.448 e. The van der Waals surface area contributed by atoms with E-state index in [4.69, 9.17) is 9.47 Å². The number of esters is 1. The van der Waals surface area contributed by atoms with Gasteiger partial charge in [0.05, 0.1) is 5.41 Å². The molecule has 0 aromatic heterocycles. The van der Waals surface area contributed by atoms with Gasteiger partial charge in [0, 0.05) is 19.0 Å². The average Bonchev–Trinajstić information content (AvgIpc) is 3.37. The van der Waals surface area contributed by atoms with Crippen molar-refractivity contribution in [2.45, 2.75) is 24.2 Å². The zero-order chi connectivity index (χ0) is 30.3. The predicted molar refractivity (Wildman–Crippen MR) is 146 cm³/mol. The van der Waals surface area contributed by atoms with Gasteiger partial charge in [-0.15, -0.1) is 0 Å². The molecule has 1 aliphatic heterocycles. The maximum Gasteiger partial charge on any atom is 0.409 e. The van der Waals surface area contributed by atoms with E-state index in [0.717, 1.165) is 22.3 Å². The van der Waals surface area contributed by atoms with Crippen LogP contribution in [0.2, 0.25) is 0 Å². The molecule has 0 radical (unpaired) electrons. The molecule has 5 nitrogen and oxygen atoms in total. The highest BCUT2D eigenvalue weighted by Crippen LogP contribution is 2.45. The number of carbonyl (C=O) groups is 2. The van der Waals surface area contributed by atoms with Gasteiger partial charge in [0.2, 0.25) is 34.8 Å². The van der Waals surface area contributed by atoms with Crippen molar-refractivity contribution in [3.8, 4) is 16.9 Å². The number of likely N-dealkylation sites (tertiary alicyclic amines) is 1. The Bertz CT molecular complexity index is 1650. The summed E-state index contributed by atoms with van der Waals surface area (Å²) in [6.07, 6.45) is -0.693. The summed E-state index contributed by atoms with van der Waals surface area (Å²) in [6.45, 7) is 0.116. The van der Waals surface area contributed by atoms with Crippen molar-refractivity contribution in [1.29, 1.82) is 0 Å². The van der Waals surface area contributed by atoms with E-state index in [2.05, 4.69) is 0 Å². The summed E-state index contributed by atoms with van der Waals surface area (Å²) in [5.41, 5.74) is 3.15. The first kappa shape index (κ1) is 28.4. The zero-order valence-electron chi connectivity index (χ0n) is 22.6. The van der Waals surface area contributed by atoms with E-state index in [9.17, 15) is 31.5 Å². The van der Waals surface area contributed by atoms with E-state index in [1.807, 2.05) is 48.5 Å². The molecule has 43 heavy (non-hydrogen) atoms. The third kappa shape index (κ3) is 4.80. The Balaban J connectivity index is 1.19. The Labute approximate surface area is 243 Å². The molecule has 0 bridgehead atoms. The molecule has 1 aliphatic carbocycles. The van der Waals surface area contributed by atoms with Crippen LogP contribution in [0.1, 0.15) is 35.4 Å². The van der Waals surface area contributed by atoms with Crippen LogP contribution in [-0.2, 0) is 14.9 Å². The van der Waals surface area contributed by atoms with Crippen molar-refractivity contribution in [2.24, 2.45) is 0 Å². The van der Waals surface area contributed by atoms with Gasteiger partial charge in [-0.1, -0.05) is 78.9 Å². The van der Waals surface area contributed by atoms with E-state index in [-0.39, 0.29) is 38.5 Å². The normalized spacial score (nSPS) is 15.5. The second-order valence-corrected chi connectivity index (χ2v) is 10.5. The number of ether oxygens (including phenoxy) is 2. The summed E-state index contributed by atoms with van der Waals surface area (Å²) in [5, 5.41) is 0. The fraction of sp³-hybridized carbons (Fsp3) is 0.212. The van der Waals surface area contributed by atoms with E-state index < -0.39 is 52.3 Å². The van der Waals surface area contributed by atoms with Crippen molar-refractivity contribution in [1.82, 2.24) is 4.90 Å². The molecule has 220 valence electrons. The van der Waals surface area contributed by atoms with Gasteiger partial charge in [-0.05, 0) is 40.7 Å². The molecule has 1 heterocycles. The van der Waals surface area contributed by atoms with Gasteiger partial charge >= 0.3 is 12.1 Å². The molecule has 10 heteroatoms. The summed E-state index contributed by atoms with van der Waals surface area (Å²) in [5.74, 6) is -14.3. The Hall–Kier alpha value is -4.73. The molecular formula is C33H24F5NO4. The predicted octanol–water partition coefficient (Wildman–Crippen LogP) is 7.27. The van der Waals surface area contributed by atoms with Crippen LogP contribution >= 0.6 is 0 Å². The first-order chi connectivity index (χ1) is 20.7. The Kier molecular flexibility index (Phi) is 7.37. The number of nitrogens with zero attached hydrogens (tertiary/aromatic N) is 1. The molecule has 6 rings (SSSR count). The molecule has 0 atom stereocenters. The zero-order valence-corrected chi connectivity index (χ0v) is 22.6. The smallest absolute Gasteiger partial charge is 0.409 e. The van der Waals surface area contributed by atoms with Crippen molar-refractivity contribution < 1.29 is 41.0 Å². The number of benzene rings is 4. The van der Waals surface area contributed by atoms with Gasteiger partial charge in [-0.3, -0.25) is 4.79 Å². The summed E-state index contributed by atoms with van der Waals surface area (Å²) in [7, 11) is 0. The van der Waals surface area contributed by atoms with Crippen LogP contribution in [0.3, 0.4) is 0 Å². The van der Waals surface area contributed by atoms with Gasteiger partial charge in [-0.25, -0.2) is 18.0 Å². The summed E-state index contributed by atoms with van der Waals surface area (Å²) in [6, 6.07) is 24.0. The summed E-state index contributed by atoms with van der Waals surface area (Å²) < 4.78 is 80.5. The van der Waals surface area contributed by atoms with E-state index >= 15 is 0 Å². The lowest BCUT2D eigenvalue weighted by molar-refractivity contribution is -0.143. The minimum absolute atomic E-state index is 0.0117. The number of hydrogen-bond donors (Lipinski definition) is 0. The molecule has 2 aliphatic rings. The Morgan fingerprint density at radius 2 is 1.19 bits per heavy atom. The Morgan fingerprint density at radius 1 is 0.698 bits per heavy atom. The van der Waals surface area contributed by atoms with Gasteiger partial charge in [0.1, 0.15) is 6.61 Å². The number of rotatable bonds is 5. The van der Waals surface area contributed by atoms with Gasteiger partial charge in [-0.2, -0.15) is 8.78 Å². The van der Waals surface area contributed by atoms with Crippen LogP contribution in [-0.4, -0.2) is 36.7 Å². The SMILES string of the molecule is O=C(OCC1c2ccccc2-c2ccccc21)N1CCC(C(=O)Oc2c(F)c(F)c(F)c(F)c2F)(c2ccccc2)CC1. The third-order valence-corrected chi connectivity index (χ3v) is 8.29. The number of amides is 1. The molecule has 4 aromatic rings. The average molecular weight is 594 g/mol. The van der Waals surface area contributed by atoms with Crippen LogP contribution in [0.5, 0.6) is 5.75 Å². The number of halogens is 5. The topological polar surface area (TPSA) is 55.8 Å². The maximum atomic E-state index is 14.4. The quantitative estimate of drug-likeness (QED) is 0.0803.